The van der Waals surface area contributed by atoms with Gasteiger partial charge in [-0.2, -0.15) is 0 Å². The molecule has 0 spiro atoms. The molecule has 4 atom stereocenters. The molecule has 0 amide bonds. The first-order chi connectivity index (χ1) is 9.10. The Hall–Kier alpha value is -0.0800. The lowest BCUT2D eigenvalue weighted by atomic mass is 9.73. The molecule has 0 radical (unpaired) electrons. The standard InChI is InChI=1S/C17H34N2/c1-13(2)15-7-8-17(18-4)16(10-15)12-19-9-5-6-14(3)11-19/h13-18H,5-12H2,1-4H3. The highest BCUT2D eigenvalue weighted by atomic mass is 15.1. The Morgan fingerprint density at radius 3 is 2.63 bits per heavy atom. The van der Waals surface area contributed by atoms with Crippen LogP contribution in [0.5, 0.6) is 0 Å². The van der Waals surface area contributed by atoms with Crippen LogP contribution in [0, 0.1) is 23.7 Å². The monoisotopic (exact) mass is 266 g/mol. The molecule has 0 aromatic rings. The second-order valence-electron chi connectivity index (χ2n) is 7.48. The first-order valence-electron chi connectivity index (χ1n) is 8.49. The van der Waals surface area contributed by atoms with E-state index in [2.05, 4.69) is 38.0 Å². The zero-order valence-electron chi connectivity index (χ0n) is 13.5. The van der Waals surface area contributed by atoms with E-state index in [9.17, 15) is 0 Å². The number of hydrogen-bond acceptors (Lipinski definition) is 2. The molecule has 112 valence electrons. The smallest absolute Gasteiger partial charge is 0.0105 e. The van der Waals surface area contributed by atoms with Crippen LogP contribution in [-0.4, -0.2) is 37.6 Å². The van der Waals surface area contributed by atoms with Crippen molar-refractivity contribution in [2.75, 3.05) is 26.7 Å². The van der Waals surface area contributed by atoms with Crippen LogP contribution in [0.4, 0.5) is 0 Å². The number of piperidine rings is 1. The summed E-state index contributed by atoms with van der Waals surface area (Å²) in [6.45, 7) is 11.2. The molecule has 2 rings (SSSR count). The molecule has 1 aliphatic carbocycles. The van der Waals surface area contributed by atoms with Gasteiger partial charge in [0.1, 0.15) is 0 Å². The van der Waals surface area contributed by atoms with Crippen LogP contribution in [0.15, 0.2) is 0 Å². The van der Waals surface area contributed by atoms with Crippen LogP contribution < -0.4 is 5.32 Å². The van der Waals surface area contributed by atoms with Gasteiger partial charge >= 0.3 is 0 Å². The summed E-state index contributed by atoms with van der Waals surface area (Å²) in [6, 6.07) is 0.757. The maximum atomic E-state index is 3.59. The normalized spacial score (nSPS) is 37.7. The quantitative estimate of drug-likeness (QED) is 0.839. The minimum absolute atomic E-state index is 0.757. The largest absolute Gasteiger partial charge is 0.317 e. The summed E-state index contributed by atoms with van der Waals surface area (Å²) in [7, 11) is 2.16. The van der Waals surface area contributed by atoms with Gasteiger partial charge in [0, 0.05) is 19.1 Å². The molecule has 2 aliphatic rings. The van der Waals surface area contributed by atoms with E-state index in [1.54, 1.807) is 0 Å². The third-order valence-corrected chi connectivity index (χ3v) is 5.57. The van der Waals surface area contributed by atoms with E-state index in [1.165, 1.54) is 51.7 Å². The van der Waals surface area contributed by atoms with E-state index >= 15 is 0 Å². The number of hydrogen-bond donors (Lipinski definition) is 1. The Labute approximate surface area is 120 Å². The fraction of sp³-hybridized carbons (Fsp3) is 1.00. The lowest BCUT2D eigenvalue weighted by molar-refractivity contribution is 0.1000. The molecule has 0 aromatic heterocycles. The Morgan fingerprint density at radius 2 is 2.00 bits per heavy atom. The molecule has 1 heterocycles. The van der Waals surface area contributed by atoms with Crippen LogP contribution in [0.25, 0.3) is 0 Å². The van der Waals surface area contributed by atoms with Crippen molar-refractivity contribution in [3.8, 4) is 0 Å². The lowest BCUT2D eigenvalue weighted by Crippen LogP contribution is -2.47. The maximum absolute atomic E-state index is 3.59. The number of nitrogens with zero attached hydrogens (tertiary/aromatic N) is 1. The minimum atomic E-state index is 0.757. The second kappa shape index (κ2) is 7.08. The van der Waals surface area contributed by atoms with Crippen LogP contribution in [0.2, 0.25) is 0 Å². The summed E-state index contributed by atoms with van der Waals surface area (Å²) in [5, 5.41) is 3.59. The van der Waals surface area contributed by atoms with Crippen LogP contribution in [0.1, 0.15) is 52.9 Å². The fourth-order valence-corrected chi connectivity index (χ4v) is 4.27. The molecular formula is C17H34N2. The predicted molar refractivity (Wildman–Crippen MR) is 83.4 cm³/mol. The summed E-state index contributed by atoms with van der Waals surface area (Å²) >= 11 is 0. The maximum Gasteiger partial charge on any atom is 0.0105 e. The van der Waals surface area contributed by atoms with Crippen molar-refractivity contribution in [1.82, 2.24) is 10.2 Å². The van der Waals surface area contributed by atoms with Crippen LogP contribution in [0.3, 0.4) is 0 Å². The van der Waals surface area contributed by atoms with Crippen LogP contribution >= 0.6 is 0 Å². The molecule has 1 N–H and O–H groups in total. The molecule has 4 unspecified atom stereocenters. The van der Waals surface area contributed by atoms with Crippen molar-refractivity contribution in [2.45, 2.75) is 58.9 Å². The van der Waals surface area contributed by atoms with Crippen molar-refractivity contribution in [2.24, 2.45) is 23.7 Å². The van der Waals surface area contributed by atoms with Gasteiger partial charge < -0.3 is 10.2 Å². The third-order valence-electron chi connectivity index (χ3n) is 5.57. The van der Waals surface area contributed by atoms with Gasteiger partial charge in [-0.05, 0) is 69.4 Å². The van der Waals surface area contributed by atoms with Crippen LogP contribution in [-0.2, 0) is 0 Å². The van der Waals surface area contributed by atoms with Crippen molar-refractivity contribution in [1.29, 1.82) is 0 Å². The van der Waals surface area contributed by atoms with Crippen molar-refractivity contribution in [3.63, 3.8) is 0 Å². The Kier molecular flexibility index (Phi) is 5.70. The Bertz CT molecular complexity index is 264. The van der Waals surface area contributed by atoms with Crippen molar-refractivity contribution in [3.05, 3.63) is 0 Å². The Morgan fingerprint density at radius 1 is 1.21 bits per heavy atom. The van der Waals surface area contributed by atoms with Crippen molar-refractivity contribution < 1.29 is 0 Å². The highest BCUT2D eigenvalue weighted by Crippen LogP contribution is 2.34. The highest BCUT2D eigenvalue weighted by Gasteiger charge is 2.32. The van der Waals surface area contributed by atoms with Gasteiger partial charge in [-0.25, -0.2) is 0 Å². The summed E-state index contributed by atoms with van der Waals surface area (Å²) in [6.07, 6.45) is 7.09. The minimum Gasteiger partial charge on any atom is -0.317 e. The van der Waals surface area contributed by atoms with Gasteiger partial charge in [0.05, 0.1) is 0 Å². The molecule has 1 saturated carbocycles. The average molecular weight is 266 g/mol. The zero-order valence-corrected chi connectivity index (χ0v) is 13.5. The highest BCUT2D eigenvalue weighted by molar-refractivity contribution is 4.87. The molecule has 2 fully saturated rings. The molecule has 1 saturated heterocycles. The number of nitrogens with one attached hydrogen (secondary N) is 1. The van der Waals surface area contributed by atoms with Gasteiger partial charge in [0.2, 0.25) is 0 Å². The average Bonchev–Trinajstić information content (AvgIpc) is 2.38. The predicted octanol–water partition coefficient (Wildman–Crippen LogP) is 3.38. The van der Waals surface area contributed by atoms with E-state index in [0.29, 0.717) is 0 Å². The SMILES string of the molecule is CNC1CCC(C(C)C)CC1CN1CCCC(C)C1. The molecule has 2 heteroatoms. The molecular weight excluding hydrogens is 232 g/mol. The second-order valence-corrected chi connectivity index (χ2v) is 7.48. The van der Waals surface area contributed by atoms with Gasteiger partial charge in [-0.3, -0.25) is 0 Å². The third kappa shape index (κ3) is 4.19. The summed E-state index contributed by atoms with van der Waals surface area (Å²) in [5.74, 6) is 3.60. The molecule has 19 heavy (non-hydrogen) atoms. The summed E-state index contributed by atoms with van der Waals surface area (Å²) in [5.41, 5.74) is 0. The first kappa shape index (κ1) is 15.3. The van der Waals surface area contributed by atoms with Crippen molar-refractivity contribution >= 4 is 0 Å². The van der Waals surface area contributed by atoms with E-state index in [0.717, 1.165) is 29.7 Å². The first-order valence-corrected chi connectivity index (χ1v) is 8.49. The van der Waals surface area contributed by atoms with E-state index in [-0.39, 0.29) is 0 Å². The molecule has 0 aromatic carbocycles. The van der Waals surface area contributed by atoms with E-state index in [4.69, 9.17) is 0 Å². The zero-order chi connectivity index (χ0) is 13.8. The number of likely N-dealkylation sites (tertiary alicyclic amines) is 1. The van der Waals surface area contributed by atoms with E-state index < -0.39 is 0 Å². The molecule has 2 nitrogen and oxygen atoms in total. The Balaban J connectivity index is 1.90. The van der Waals surface area contributed by atoms with E-state index in [1.807, 2.05) is 0 Å². The number of rotatable bonds is 4. The summed E-state index contributed by atoms with van der Waals surface area (Å²) in [4.78, 5) is 2.74. The molecule has 0 bridgehead atoms. The lowest BCUT2D eigenvalue weighted by Gasteiger charge is -2.41. The summed E-state index contributed by atoms with van der Waals surface area (Å²) < 4.78 is 0. The molecule has 1 aliphatic heterocycles. The van der Waals surface area contributed by atoms with Gasteiger partial charge in [-0.1, -0.05) is 20.8 Å². The van der Waals surface area contributed by atoms with Gasteiger partial charge in [0.25, 0.3) is 0 Å². The van der Waals surface area contributed by atoms with Gasteiger partial charge in [-0.15, -0.1) is 0 Å². The fourth-order valence-electron chi connectivity index (χ4n) is 4.27. The topological polar surface area (TPSA) is 15.3 Å². The van der Waals surface area contributed by atoms with Gasteiger partial charge in [0.15, 0.2) is 0 Å².